The van der Waals surface area contributed by atoms with Crippen molar-refractivity contribution in [2.24, 2.45) is 0 Å². The molecule has 1 aromatic rings. The molecule has 88 valence electrons. The maximum atomic E-state index is 11.9. The molecule has 0 saturated carbocycles. The van der Waals surface area contributed by atoms with Crippen molar-refractivity contribution < 1.29 is 4.79 Å². The fourth-order valence-corrected chi connectivity index (χ4v) is 1.84. The molecular weight excluding hydrogens is 206 g/mol. The van der Waals surface area contributed by atoms with E-state index < -0.39 is 0 Å². The van der Waals surface area contributed by atoms with Crippen molar-refractivity contribution >= 4 is 11.7 Å². The molecule has 3 N–H and O–H groups in total. The Morgan fingerprint density at radius 1 is 1.56 bits per heavy atom. The summed E-state index contributed by atoms with van der Waals surface area (Å²) in [6, 6.07) is 1.77. The molecule has 16 heavy (non-hydrogen) atoms. The van der Waals surface area contributed by atoms with Gasteiger partial charge in [0.05, 0.1) is 0 Å². The molecule has 0 spiro atoms. The maximum Gasteiger partial charge on any atom is 0.244 e. The zero-order valence-corrected chi connectivity index (χ0v) is 9.44. The minimum atomic E-state index is 0.104. The number of anilines is 1. The summed E-state index contributed by atoms with van der Waals surface area (Å²) < 4.78 is 1.65. The van der Waals surface area contributed by atoms with E-state index in [0.29, 0.717) is 5.82 Å². The maximum absolute atomic E-state index is 11.9. The van der Waals surface area contributed by atoms with Gasteiger partial charge in [-0.15, -0.1) is 0 Å². The Morgan fingerprint density at radius 2 is 2.25 bits per heavy atom. The first-order chi connectivity index (χ1) is 7.66. The van der Waals surface area contributed by atoms with Gasteiger partial charge in [-0.25, -0.2) is 0 Å². The Kier molecular flexibility index (Phi) is 3.09. The van der Waals surface area contributed by atoms with Crippen LogP contribution in [-0.2, 0) is 11.3 Å². The van der Waals surface area contributed by atoms with Gasteiger partial charge in [0.25, 0.3) is 0 Å². The Balaban J connectivity index is 1.98. The Bertz CT molecular complexity index is 381. The highest BCUT2D eigenvalue weighted by Gasteiger charge is 2.17. The summed E-state index contributed by atoms with van der Waals surface area (Å²) >= 11 is 0. The van der Waals surface area contributed by atoms with Crippen LogP contribution < -0.4 is 11.1 Å². The minimum Gasteiger partial charge on any atom is -0.382 e. The highest BCUT2D eigenvalue weighted by atomic mass is 16.2. The number of piperazine rings is 1. The number of nitrogens with one attached hydrogen (secondary N) is 1. The predicted octanol–water partition coefficient (Wildman–Crippen LogP) is -0.794. The molecule has 0 aromatic carbocycles. The van der Waals surface area contributed by atoms with Crippen LogP contribution in [0.5, 0.6) is 0 Å². The molecule has 1 aromatic heterocycles. The molecule has 6 heteroatoms. The summed E-state index contributed by atoms with van der Waals surface area (Å²) in [5.74, 6) is 0.568. The molecule has 0 aliphatic carbocycles. The number of aryl methyl sites for hydroxylation is 1. The standard InChI is InChI=1S/C10H17N5O/c1-8-6-9(11)13-15(8)7-10(16)14-4-2-12-3-5-14/h6,12H,2-5,7H2,1H3,(H2,11,13). The van der Waals surface area contributed by atoms with E-state index >= 15 is 0 Å². The number of carbonyl (C=O) groups is 1. The van der Waals surface area contributed by atoms with Gasteiger partial charge < -0.3 is 16.0 Å². The zero-order valence-electron chi connectivity index (χ0n) is 9.44. The van der Waals surface area contributed by atoms with Crippen molar-refractivity contribution in [2.75, 3.05) is 31.9 Å². The van der Waals surface area contributed by atoms with E-state index in [1.165, 1.54) is 0 Å². The predicted molar refractivity (Wildman–Crippen MR) is 60.8 cm³/mol. The number of nitrogen functional groups attached to an aromatic ring is 1. The lowest BCUT2D eigenvalue weighted by Gasteiger charge is -2.27. The van der Waals surface area contributed by atoms with E-state index in [-0.39, 0.29) is 12.5 Å². The molecule has 1 aliphatic heterocycles. The van der Waals surface area contributed by atoms with Crippen LogP contribution in [0.25, 0.3) is 0 Å². The molecule has 2 rings (SSSR count). The minimum absolute atomic E-state index is 0.104. The summed E-state index contributed by atoms with van der Waals surface area (Å²) in [6.45, 7) is 5.46. The third-order valence-electron chi connectivity index (χ3n) is 2.75. The Morgan fingerprint density at radius 3 is 2.81 bits per heavy atom. The average molecular weight is 223 g/mol. The highest BCUT2D eigenvalue weighted by Crippen LogP contribution is 2.05. The fourth-order valence-electron chi connectivity index (χ4n) is 1.84. The van der Waals surface area contributed by atoms with Gasteiger partial charge in [-0.2, -0.15) is 5.10 Å². The summed E-state index contributed by atoms with van der Waals surface area (Å²) in [4.78, 5) is 13.8. The van der Waals surface area contributed by atoms with Crippen LogP contribution >= 0.6 is 0 Å². The van der Waals surface area contributed by atoms with E-state index in [1.807, 2.05) is 11.8 Å². The smallest absolute Gasteiger partial charge is 0.244 e. The molecular formula is C10H17N5O. The van der Waals surface area contributed by atoms with Gasteiger partial charge in [0, 0.05) is 37.9 Å². The molecule has 0 bridgehead atoms. The number of hydrogen-bond donors (Lipinski definition) is 2. The van der Waals surface area contributed by atoms with Crippen molar-refractivity contribution in [3.8, 4) is 0 Å². The molecule has 0 atom stereocenters. The van der Waals surface area contributed by atoms with Crippen molar-refractivity contribution in [1.29, 1.82) is 0 Å². The van der Waals surface area contributed by atoms with Crippen LogP contribution in [0.15, 0.2) is 6.07 Å². The van der Waals surface area contributed by atoms with Crippen LogP contribution in [0.2, 0.25) is 0 Å². The van der Waals surface area contributed by atoms with E-state index in [4.69, 9.17) is 5.73 Å². The highest BCUT2D eigenvalue weighted by molar-refractivity contribution is 5.76. The first-order valence-electron chi connectivity index (χ1n) is 5.45. The van der Waals surface area contributed by atoms with Crippen LogP contribution in [0, 0.1) is 6.92 Å². The van der Waals surface area contributed by atoms with Crippen molar-refractivity contribution in [3.63, 3.8) is 0 Å². The van der Waals surface area contributed by atoms with E-state index in [0.717, 1.165) is 31.9 Å². The van der Waals surface area contributed by atoms with Crippen LogP contribution in [0.1, 0.15) is 5.69 Å². The van der Waals surface area contributed by atoms with Gasteiger partial charge in [0.15, 0.2) is 0 Å². The summed E-state index contributed by atoms with van der Waals surface area (Å²) in [7, 11) is 0. The average Bonchev–Trinajstić information content (AvgIpc) is 2.59. The summed E-state index contributed by atoms with van der Waals surface area (Å²) in [5.41, 5.74) is 6.48. The third kappa shape index (κ3) is 2.33. The first-order valence-corrected chi connectivity index (χ1v) is 5.45. The lowest BCUT2D eigenvalue weighted by atomic mass is 10.3. The second kappa shape index (κ2) is 4.52. The number of nitrogens with zero attached hydrogens (tertiary/aromatic N) is 3. The number of nitrogens with two attached hydrogens (primary N) is 1. The quantitative estimate of drug-likeness (QED) is 0.688. The number of rotatable bonds is 2. The monoisotopic (exact) mass is 223 g/mol. The largest absolute Gasteiger partial charge is 0.382 e. The van der Waals surface area contributed by atoms with Crippen molar-refractivity contribution in [2.45, 2.75) is 13.5 Å². The van der Waals surface area contributed by atoms with Gasteiger partial charge in [-0.1, -0.05) is 0 Å². The molecule has 6 nitrogen and oxygen atoms in total. The normalized spacial score (nSPS) is 16.4. The zero-order chi connectivity index (χ0) is 11.5. The van der Waals surface area contributed by atoms with Gasteiger partial charge in [0.2, 0.25) is 5.91 Å². The third-order valence-corrected chi connectivity index (χ3v) is 2.75. The van der Waals surface area contributed by atoms with E-state index in [1.54, 1.807) is 10.7 Å². The molecule has 0 unspecified atom stereocenters. The van der Waals surface area contributed by atoms with E-state index in [9.17, 15) is 4.79 Å². The number of carbonyl (C=O) groups excluding carboxylic acids is 1. The molecule has 1 amide bonds. The second-order valence-corrected chi connectivity index (χ2v) is 4.00. The lowest BCUT2D eigenvalue weighted by molar-refractivity contribution is -0.132. The SMILES string of the molecule is Cc1cc(N)nn1CC(=O)N1CCNCC1. The van der Waals surface area contributed by atoms with Crippen molar-refractivity contribution in [1.82, 2.24) is 20.0 Å². The van der Waals surface area contributed by atoms with Gasteiger partial charge in [-0.3, -0.25) is 9.48 Å². The van der Waals surface area contributed by atoms with Crippen molar-refractivity contribution in [3.05, 3.63) is 11.8 Å². The fraction of sp³-hybridized carbons (Fsp3) is 0.600. The summed E-state index contributed by atoms with van der Waals surface area (Å²) in [5, 5.41) is 7.29. The molecule has 1 aliphatic rings. The van der Waals surface area contributed by atoms with Gasteiger partial charge in [-0.05, 0) is 6.92 Å². The molecule has 1 fully saturated rings. The summed E-state index contributed by atoms with van der Waals surface area (Å²) in [6.07, 6.45) is 0. The van der Waals surface area contributed by atoms with Crippen LogP contribution in [-0.4, -0.2) is 46.8 Å². The topological polar surface area (TPSA) is 76.2 Å². The van der Waals surface area contributed by atoms with E-state index in [2.05, 4.69) is 10.4 Å². The van der Waals surface area contributed by atoms with Gasteiger partial charge >= 0.3 is 0 Å². The Hall–Kier alpha value is -1.56. The van der Waals surface area contributed by atoms with Gasteiger partial charge in [0.1, 0.15) is 12.4 Å². The number of aromatic nitrogens is 2. The van der Waals surface area contributed by atoms with Crippen LogP contribution in [0.4, 0.5) is 5.82 Å². The first kappa shape index (κ1) is 10.9. The molecule has 1 saturated heterocycles. The lowest BCUT2D eigenvalue weighted by Crippen LogP contribution is -2.47. The number of hydrogen-bond acceptors (Lipinski definition) is 4. The number of amides is 1. The molecule has 0 radical (unpaired) electrons. The Labute approximate surface area is 94.4 Å². The molecule has 2 heterocycles. The van der Waals surface area contributed by atoms with Crippen LogP contribution in [0.3, 0.4) is 0 Å². The second-order valence-electron chi connectivity index (χ2n) is 4.00.